The molecule has 0 saturated heterocycles. The molecule has 4 aliphatic rings. The van der Waals surface area contributed by atoms with Crippen molar-refractivity contribution in [1.29, 1.82) is 0 Å². The zero-order valence-corrected chi connectivity index (χ0v) is 11.1. The topological polar surface area (TPSA) is 9.23 Å². The third kappa shape index (κ3) is 1.09. The summed E-state index contributed by atoms with van der Waals surface area (Å²) in [7, 11) is 0. The zero-order chi connectivity index (χ0) is 12.4. The molecule has 1 nitrogen and oxygen atoms in total. The van der Waals surface area contributed by atoms with E-state index >= 15 is 0 Å². The molecule has 5 rings (SSSR count). The largest absolute Gasteiger partial charge is 0.485 e. The van der Waals surface area contributed by atoms with Crippen LogP contribution in [-0.4, -0.2) is 6.10 Å². The van der Waals surface area contributed by atoms with E-state index < -0.39 is 0 Å². The van der Waals surface area contributed by atoms with E-state index in [-0.39, 0.29) is 11.5 Å². The maximum absolute atomic E-state index is 6.31. The summed E-state index contributed by atoms with van der Waals surface area (Å²) in [5.41, 5.74) is 4.96. The molecule has 1 aliphatic heterocycles. The van der Waals surface area contributed by atoms with E-state index in [0.29, 0.717) is 0 Å². The highest BCUT2D eigenvalue weighted by molar-refractivity contribution is 5.61. The molecule has 3 aliphatic carbocycles. The van der Waals surface area contributed by atoms with Crippen molar-refractivity contribution >= 4 is 0 Å². The molecular formula is C18H18O. The van der Waals surface area contributed by atoms with E-state index in [9.17, 15) is 0 Å². The molecule has 1 saturated carbocycles. The van der Waals surface area contributed by atoms with Crippen LogP contribution in [-0.2, 0) is 11.8 Å². The first kappa shape index (κ1) is 10.3. The Labute approximate surface area is 114 Å². The molecule has 1 fully saturated rings. The zero-order valence-electron chi connectivity index (χ0n) is 11.1. The fraction of sp³-hybridized carbons (Fsp3) is 0.444. The average Bonchev–Trinajstić information content (AvgIpc) is 2.70. The highest BCUT2D eigenvalue weighted by Crippen LogP contribution is 2.60. The van der Waals surface area contributed by atoms with Gasteiger partial charge < -0.3 is 4.74 Å². The van der Waals surface area contributed by atoms with Crippen molar-refractivity contribution in [3.05, 3.63) is 53.1 Å². The van der Waals surface area contributed by atoms with Gasteiger partial charge in [-0.3, -0.25) is 0 Å². The molecule has 96 valence electrons. The molecule has 19 heavy (non-hydrogen) atoms. The maximum Gasteiger partial charge on any atom is 0.131 e. The molecule has 3 atom stereocenters. The molecule has 0 N–H and O–H groups in total. The normalized spacial score (nSPS) is 37.2. The van der Waals surface area contributed by atoms with Crippen LogP contribution >= 0.6 is 0 Å². The number of benzene rings is 1. The van der Waals surface area contributed by atoms with Gasteiger partial charge in [-0.2, -0.15) is 0 Å². The summed E-state index contributed by atoms with van der Waals surface area (Å²) in [6.45, 7) is 0. The van der Waals surface area contributed by atoms with Crippen LogP contribution in [0.25, 0.3) is 0 Å². The third-order valence-electron chi connectivity index (χ3n) is 5.65. The smallest absolute Gasteiger partial charge is 0.131 e. The molecular weight excluding hydrogens is 232 g/mol. The molecule has 1 heteroatoms. The van der Waals surface area contributed by atoms with Gasteiger partial charge in [0.2, 0.25) is 0 Å². The molecule has 1 aromatic rings. The highest BCUT2D eigenvalue weighted by atomic mass is 16.5. The minimum absolute atomic E-state index is 0.195. The van der Waals surface area contributed by atoms with Crippen molar-refractivity contribution in [1.82, 2.24) is 0 Å². The van der Waals surface area contributed by atoms with Crippen molar-refractivity contribution in [2.75, 3.05) is 0 Å². The van der Waals surface area contributed by atoms with Crippen molar-refractivity contribution in [3.8, 4) is 5.75 Å². The molecule has 0 aromatic heterocycles. The average molecular weight is 250 g/mol. The van der Waals surface area contributed by atoms with Gasteiger partial charge in [0.15, 0.2) is 0 Å². The van der Waals surface area contributed by atoms with Crippen LogP contribution in [0.5, 0.6) is 5.75 Å². The first-order valence-corrected chi connectivity index (χ1v) is 7.57. The molecule has 1 heterocycles. The molecule has 1 spiro atoms. The van der Waals surface area contributed by atoms with Crippen LogP contribution in [0.2, 0.25) is 0 Å². The standard InChI is InChI=1S/C18H18O/c1-2-10-18-14-7-4-9-16(18)19-15-8-3-6-13(17(15)18)11-12(14)5-1/h3-4,6-9,12,16H,1-2,5,10-11H2/t12-,16+,18-/m1/s1. The Hall–Kier alpha value is -1.50. The third-order valence-corrected chi connectivity index (χ3v) is 5.65. The monoisotopic (exact) mass is 250 g/mol. The predicted molar refractivity (Wildman–Crippen MR) is 75.4 cm³/mol. The Morgan fingerprint density at radius 1 is 1.21 bits per heavy atom. The van der Waals surface area contributed by atoms with Crippen LogP contribution in [0.4, 0.5) is 0 Å². The van der Waals surface area contributed by atoms with Gasteiger partial charge in [-0.05, 0) is 42.9 Å². The summed E-state index contributed by atoms with van der Waals surface area (Å²) in [5, 5.41) is 0. The first-order valence-electron chi connectivity index (χ1n) is 7.57. The summed E-state index contributed by atoms with van der Waals surface area (Å²) >= 11 is 0. The van der Waals surface area contributed by atoms with E-state index in [1.54, 1.807) is 11.1 Å². The van der Waals surface area contributed by atoms with Gasteiger partial charge >= 0.3 is 0 Å². The van der Waals surface area contributed by atoms with Crippen LogP contribution in [0.15, 0.2) is 42.0 Å². The lowest BCUT2D eigenvalue weighted by Gasteiger charge is -2.43. The first-order chi connectivity index (χ1) is 9.39. The second-order valence-electron chi connectivity index (χ2n) is 6.45. The molecule has 1 aromatic carbocycles. The second kappa shape index (κ2) is 3.33. The van der Waals surface area contributed by atoms with Gasteiger partial charge in [-0.25, -0.2) is 0 Å². The summed E-state index contributed by atoms with van der Waals surface area (Å²) in [6, 6.07) is 6.68. The Morgan fingerprint density at radius 2 is 2.21 bits per heavy atom. The number of hydrogen-bond acceptors (Lipinski definition) is 1. The molecule has 0 radical (unpaired) electrons. The van der Waals surface area contributed by atoms with Crippen LogP contribution in [0.1, 0.15) is 36.8 Å². The van der Waals surface area contributed by atoms with Gasteiger partial charge in [-0.1, -0.05) is 42.7 Å². The van der Waals surface area contributed by atoms with Crippen LogP contribution in [0.3, 0.4) is 0 Å². The van der Waals surface area contributed by atoms with Crippen LogP contribution in [0, 0.1) is 5.92 Å². The number of allylic oxidation sites excluding steroid dienone is 2. The van der Waals surface area contributed by atoms with E-state index in [2.05, 4.69) is 36.4 Å². The quantitative estimate of drug-likeness (QED) is 0.678. The summed E-state index contributed by atoms with van der Waals surface area (Å²) in [5.74, 6) is 1.90. The Balaban J connectivity index is 1.88. The van der Waals surface area contributed by atoms with E-state index in [1.807, 2.05) is 0 Å². The van der Waals surface area contributed by atoms with Gasteiger partial charge in [0.1, 0.15) is 11.9 Å². The fourth-order valence-corrected chi connectivity index (χ4v) is 4.99. The van der Waals surface area contributed by atoms with Crippen molar-refractivity contribution < 1.29 is 4.74 Å². The number of rotatable bonds is 0. The maximum atomic E-state index is 6.31. The van der Waals surface area contributed by atoms with Crippen LogP contribution < -0.4 is 4.74 Å². The van der Waals surface area contributed by atoms with Gasteiger partial charge in [0.25, 0.3) is 0 Å². The Kier molecular flexibility index (Phi) is 1.81. The summed E-state index contributed by atoms with van der Waals surface area (Å²) < 4.78 is 6.31. The molecule has 0 unspecified atom stereocenters. The van der Waals surface area contributed by atoms with Crippen molar-refractivity contribution in [3.63, 3.8) is 0 Å². The number of hydrogen-bond donors (Lipinski definition) is 0. The van der Waals surface area contributed by atoms with E-state index in [1.165, 1.54) is 37.7 Å². The minimum atomic E-state index is 0.195. The lowest BCUT2D eigenvalue weighted by Crippen LogP contribution is -2.44. The SMILES string of the molecule is C1=C[C@@H]2Oc3cccc4c3[C@@]23CCCC[C@H](C4)C3=C1. The van der Waals surface area contributed by atoms with Gasteiger partial charge in [0.05, 0.1) is 5.41 Å². The fourth-order valence-electron chi connectivity index (χ4n) is 4.99. The lowest BCUT2D eigenvalue weighted by molar-refractivity contribution is 0.194. The van der Waals surface area contributed by atoms with Crippen molar-refractivity contribution in [2.24, 2.45) is 5.92 Å². The van der Waals surface area contributed by atoms with E-state index in [0.717, 1.165) is 11.7 Å². The number of ether oxygens (including phenoxy) is 1. The van der Waals surface area contributed by atoms with Gasteiger partial charge in [-0.15, -0.1) is 0 Å². The predicted octanol–water partition coefficient (Wildman–Crippen LogP) is 3.93. The van der Waals surface area contributed by atoms with E-state index in [4.69, 9.17) is 4.74 Å². The Morgan fingerprint density at radius 3 is 3.21 bits per heavy atom. The highest BCUT2D eigenvalue weighted by Gasteiger charge is 2.56. The molecule has 2 bridgehead atoms. The molecule has 0 amide bonds. The Bertz CT molecular complexity index is 625. The van der Waals surface area contributed by atoms with Crippen molar-refractivity contribution in [2.45, 2.75) is 43.6 Å². The summed E-state index contributed by atoms with van der Waals surface area (Å²) in [6.07, 6.45) is 13.7. The van der Waals surface area contributed by atoms with Gasteiger partial charge in [0, 0.05) is 5.56 Å². The summed E-state index contributed by atoms with van der Waals surface area (Å²) in [4.78, 5) is 0. The second-order valence-corrected chi connectivity index (χ2v) is 6.45. The lowest BCUT2D eigenvalue weighted by atomic mass is 9.59. The minimum Gasteiger partial charge on any atom is -0.485 e.